The molecule has 1 saturated heterocycles. The molecule has 9 heteroatoms. The van der Waals surface area contributed by atoms with Gasteiger partial charge in [0.15, 0.2) is 0 Å². The summed E-state index contributed by atoms with van der Waals surface area (Å²) in [6.07, 6.45) is 5.38. The van der Waals surface area contributed by atoms with Crippen LogP contribution in [0.15, 0.2) is 54.6 Å². The van der Waals surface area contributed by atoms with Crippen LogP contribution >= 0.6 is 0 Å². The molecule has 7 rings (SSSR count). The van der Waals surface area contributed by atoms with Crippen molar-refractivity contribution in [3.05, 3.63) is 70.3 Å². The monoisotopic (exact) mass is 459 g/mol. The van der Waals surface area contributed by atoms with Gasteiger partial charge >= 0.3 is 0 Å². The van der Waals surface area contributed by atoms with Crippen LogP contribution in [0.1, 0.15) is 16.8 Å². The molecule has 0 aromatic heterocycles. The number of rotatable bonds is 5. The van der Waals surface area contributed by atoms with Crippen molar-refractivity contribution >= 4 is 34.8 Å². The molecule has 6 unspecified atom stereocenters. The summed E-state index contributed by atoms with van der Waals surface area (Å²) in [6, 6.07) is 10.2. The lowest BCUT2D eigenvalue weighted by Gasteiger charge is -2.37. The molecular weight excluding hydrogens is 438 g/mol. The number of hydrogen-bond acceptors (Lipinski definition) is 6. The lowest BCUT2D eigenvalue weighted by atomic mass is 9.63. The van der Waals surface area contributed by atoms with Gasteiger partial charge in [-0.15, -0.1) is 0 Å². The fourth-order valence-electron chi connectivity index (χ4n) is 6.06. The van der Waals surface area contributed by atoms with Gasteiger partial charge in [-0.3, -0.25) is 29.4 Å². The molecular formula is C25H21N3O6. The highest BCUT2D eigenvalue weighted by molar-refractivity contribution is 6.22. The van der Waals surface area contributed by atoms with Gasteiger partial charge in [-0.05, 0) is 60.4 Å². The summed E-state index contributed by atoms with van der Waals surface area (Å²) in [4.78, 5) is 50.9. The SMILES string of the molecule is COc1cc([N+](=O)[O-])ccc1NC(=O)c1ccc(N2C(=O)C3C4C=CC(C5CC45)C3C2=O)cc1. The lowest BCUT2D eigenvalue weighted by molar-refractivity contribution is -0.384. The molecule has 2 aromatic carbocycles. The van der Waals surface area contributed by atoms with E-state index < -0.39 is 10.8 Å². The molecule has 3 fully saturated rings. The molecule has 1 heterocycles. The van der Waals surface area contributed by atoms with Crippen molar-refractivity contribution < 1.29 is 24.0 Å². The molecule has 1 N–H and O–H groups in total. The van der Waals surface area contributed by atoms with Crippen LogP contribution in [0.4, 0.5) is 17.1 Å². The van der Waals surface area contributed by atoms with E-state index in [1.165, 1.54) is 30.2 Å². The molecule has 3 amide bonds. The highest BCUT2D eigenvalue weighted by atomic mass is 16.6. The zero-order valence-electron chi connectivity index (χ0n) is 18.2. The van der Waals surface area contributed by atoms with E-state index in [9.17, 15) is 24.5 Å². The molecule has 2 aromatic rings. The Balaban J connectivity index is 1.21. The summed E-state index contributed by atoms with van der Waals surface area (Å²) < 4.78 is 5.16. The van der Waals surface area contributed by atoms with Crippen LogP contribution in [0, 0.1) is 45.6 Å². The van der Waals surface area contributed by atoms with Crippen LogP contribution in [0.5, 0.6) is 5.75 Å². The second-order valence-electron chi connectivity index (χ2n) is 9.31. The number of non-ortho nitro benzene ring substituents is 1. The van der Waals surface area contributed by atoms with Crippen molar-refractivity contribution in [2.24, 2.45) is 35.5 Å². The lowest BCUT2D eigenvalue weighted by Crippen LogP contribution is -2.40. The molecule has 0 spiro atoms. The van der Waals surface area contributed by atoms with Crippen LogP contribution in [0.25, 0.3) is 0 Å². The Bertz CT molecular complexity index is 1250. The third kappa shape index (κ3) is 2.89. The minimum Gasteiger partial charge on any atom is -0.494 e. The van der Waals surface area contributed by atoms with E-state index in [-0.39, 0.29) is 52.6 Å². The number of carbonyl (C=O) groups is 3. The zero-order chi connectivity index (χ0) is 23.7. The van der Waals surface area contributed by atoms with E-state index in [1.54, 1.807) is 24.3 Å². The third-order valence-corrected chi connectivity index (χ3v) is 7.69. The van der Waals surface area contributed by atoms with Crippen LogP contribution < -0.4 is 15.0 Å². The number of hydrogen-bond donors (Lipinski definition) is 1. The maximum atomic E-state index is 13.2. The maximum absolute atomic E-state index is 13.2. The van der Waals surface area contributed by atoms with Gasteiger partial charge in [0.1, 0.15) is 5.75 Å². The number of nitro benzene ring substituents is 1. The van der Waals surface area contributed by atoms with Crippen LogP contribution in [0.3, 0.4) is 0 Å². The Kier molecular flexibility index (Phi) is 4.39. The number of carbonyl (C=O) groups excluding carboxylic acids is 3. The van der Waals surface area contributed by atoms with Gasteiger partial charge in [0, 0.05) is 11.6 Å². The Hall–Kier alpha value is -4.01. The number of methoxy groups -OCH3 is 1. The van der Waals surface area contributed by atoms with Gasteiger partial charge < -0.3 is 10.1 Å². The van der Waals surface area contributed by atoms with Crippen molar-refractivity contribution in [1.82, 2.24) is 0 Å². The number of nitrogens with zero attached hydrogens (tertiary/aromatic N) is 2. The largest absolute Gasteiger partial charge is 0.494 e. The first-order valence-electron chi connectivity index (χ1n) is 11.2. The summed E-state index contributed by atoms with van der Waals surface area (Å²) in [5.74, 6) is 0.259. The number of imide groups is 1. The van der Waals surface area contributed by atoms with Gasteiger partial charge in [-0.25, -0.2) is 0 Å². The van der Waals surface area contributed by atoms with Crippen molar-refractivity contribution in [2.75, 3.05) is 17.3 Å². The first-order valence-corrected chi connectivity index (χ1v) is 11.2. The third-order valence-electron chi connectivity index (χ3n) is 7.69. The normalized spacial score (nSPS) is 30.1. The summed E-state index contributed by atoms with van der Waals surface area (Å²) in [7, 11) is 1.36. The summed E-state index contributed by atoms with van der Waals surface area (Å²) in [5.41, 5.74) is 0.906. The van der Waals surface area contributed by atoms with Gasteiger partial charge in [0.25, 0.3) is 11.6 Å². The molecule has 0 radical (unpaired) electrons. The molecule has 1 aliphatic heterocycles. The van der Waals surface area contributed by atoms with E-state index >= 15 is 0 Å². The van der Waals surface area contributed by atoms with Gasteiger partial charge in [0.05, 0.1) is 41.3 Å². The Morgan fingerprint density at radius 1 is 1.03 bits per heavy atom. The van der Waals surface area contributed by atoms with Crippen molar-refractivity contribution in [3.63, 3.8) is 0 Å². The first kappa shape index (κ1) is 20.6. The number of ether oxygens (including phenoxy) is 1. The second-order valence-corrected chi connectivity index (χ2v) is 9.31. The molecule has 34 heavy (non-hydrogen) atoms. The first-order chi connectivity index (χ1) is 16.4. The second kappa shape index (κ2) is 7.24. The Morgan fingerprint density at radius 3 is 2.21 bits per heavy atom. The maximum Gasteiger partial charge on any atom is 0.273 e. The standard InChI is InChI=1S/C25H21N3O6/c1-34-20-10-14(28(32)33)6-9-19(20)26-23(29)12-2-4-13(5-3-12)27-24(30)21-15-7-8-16(18-11-17(15)18)22(21)25(27)31/h2-10,15-18,21-22H,11H2,1H3,(H,26,29). The van der Waals surface area contributed by atoms with Gasteiger partial charge in [-0.2, -0.15) is 0 Å². The Morgan fingerprint density at radius 2 is 1.65 bits per heavy atom. The molecule has 4 aliphatic carbocycles. The van der Waals surface area contributed by atoms with Crippen LogP contribution in [-0.2, 0) is 9.59 Å². The number of nitrogens with one attached hydrogen (secondary N) is 1. The molecule has 172 valence electrons. The number of nitro groups is 1. The quantitative estimate of drug-likeness (QED) is 0.317. The average molecular weight is 459 g/mol. The minimum atomic E-state index is -0.547. The van der Waals surface area contributed by atoms with Gasteiger partial charge in [0.2, 0.25) is 11.8 Å². The van der Waals surface area contributed by atoms with E-state index in [0.29, 0.717) is 23.1 Å². The van der Waals surface area contributed by atoms with Crippen molar-refractivity contribution in [3.8, 4) is 5.75 Å². The topological polar surface area (TPSA) is 119 Å². The van der Waals surface area contributed by atoms with Gasteiger partial charge in [-0.1, -0.05) is 12.2 Å². The van der Waals surface area contributed by atoms with Crippen molar-refractivity contribution in [2.45, 2.75) is 6.42 Å². The number of amides is 3. The summed E-state index contributed by atoms with van der Waals surface area (Å²) in [5, 5.41) is 13.6. The zero-order valence-corrected chi connectivity index (χ0v) is 18.2. The fraction of sp³-hybridized carbons (Fsp3) is 0.320. The number of benzene rings is 2. The van der Waals surface area contributed by atoms with Crippen molar-refractivity contribution in [1.29, 1.82) is 0 Å². The average Bonchev–Trinajstić information content (AvgIpc) is 3.62. The highest BCUT2D eigenvalue weighted by Crippen LogP contribution is 2.65. The molecule has 6 atom stereocenters. The number of anilines is 2. The molecule has 2 saturated carbocycles. The summed E-state index contributed by atoms with van der Waals surface area (Å²) in [6.45, 7) is 0. The summed E-state index contributed by atoms with van der Waals surface area (Å²) >= 11 is 0. The fourth-order valence-corrected chi connectivity index (χ4v) is 6.06. The van der Waals surface area contributed by atoms with Crippen LogP contribution in [-0.4, -0.2) is 29.8 Å². The van der Waals surface area contributed by atoms with E-state index in [4.69, 9.17) is 4.74 Å². The van der Waals surface area contributed by atoms with E-state index in [0.717, 1.165) is 6.42 Å². The Labute approximate surface area is 194 Å². The van der Waals surface area contributed by atoms with Crippen LogP contribution in [0.2, 0.25) is 0 Å². The molecule has 2 bridgehead atoms. The van der Waals surface area contributed by atoms with E-state index in [1.807, 2.05) is 0 Å². The van der Waals surface area contributed by atoms with E-state index in [2.05, 4.69) is 17.5 Å². The predicted octanol–water partition coefficient (Wildman–Crippen LogP) is 3.41. The molecule has 5 aliphatic rings. The minimum absolute atomic E-state index is 0.146. The molecule has 9 nitrogen and oxygen atoms in total. The highest BCUT2D eigenvalue weighted by Gasteiger charge is 2.67. The predicted molar refractivity (Wildman–Crippen MR) is 121 cm³/mol. The number of allylic oxidation sites excluding steroid dienone is 2. The smallest absolute Gasteiger partial charge is 0.273 e.